The Labute approximate surface area is 88.5 Å². The highest BCUT2D eigenvalue weighted by atomic mass is 16.1. The molecule has 0 saturated heterocycles. The van der Waals surface area contributed by atoms with E-state index >= 15 is 0 Å². The van der Waals surface area contributed by atoms with E-state index in [0.29, 0.717) is 11.7 Å². The molecule has 2 unspecified atom stereocenters. The molecule has 0 fully saturated rings. The van der Waals surface area contributed by atoms with E-state index in [1.807, 2.05) is 27.7 Å². The van der Waals surface area contributed by atoms with E-state index in [2.05, 4.69) is 19.2 Å². The fraction of sp³-hybridized carbons (Fsp3) is 0.917. The van der Waals surface area contributed by atoms with Crippen LogP contribution in [0.4, 0.5) is 0 Å². The second kappa shape index (κ2) is 5.50. The van der Waals surface area contributed by atoms with Gasteiger partial charge in [0.2, 0.25) is 0 Å². The van der Waals surface area contributed by atoms with Gasteiger partial charge in [-0.2, -0.15) is 0 Å². The number of carbonyl (C=O) groups excluding carboxylic acids is 1. The van der Waals surface area contributed by atoms with Crippen LogP contribution in [0.25, 0.3) is 0 Å². The van der Waals surface area contributed by atoms with E-state index in [1.165, 1.54) is 0 Å². The smallest absolute Gasteiger partial charge is 0.155 e. The molecule has 0 aromatic carbocycles. The van der Waals surface area contributed by atoms with Gasteiger partial charge in [-0.05, 0) is 12.5 Å². The molecule has 0 aliphatic heterocycles. The molecule has 0 rings (SSSR count). The average molecular weight is 199 g/mol. The summed E-state index contributed by atoms with van der Waals surface area (Å²) < 4.78 is 0. The van der Waals surface area contributed by atoms with Crippen LogP contribution in [0.5, 0.6) is 0 Å². The van der Waals surface area contributed by atoms with Crippen molar-refractivity contribution >= 4 is 5.78 Å². The van der Waals surface area contributed by atoms with E-state index in [9.17, 15) is 4.79 Å². The van der Waals surface area contributed by atoms with Crippen LogP contribution in [-0.4, -0.2) is 18.4 Å². The third kappa shape index (κ3) is 3.79. The maximum absolute atomic E-state index is 12.1. The van der Waals surface area contributed by atoms with Gasteiger partial charge in [0.25, 0.3) is 0 Å². The second-order valence-corrected chi connectivity index (χ2v) is 5.04. The molecule has 2 nitrogen and oxygen atoms in total. The molecular weight excluding hydrogens is 174 g/mol. The molecule has 0 aromatic heterocycles. The van der Waals surface area contributed by atoms with Crippen LogP contribution >= 0.6 is 0 Å². The zero-order valence-corrected chi connectivity index (χ0v) is 10.5. The number of nitrogens with one attached hydrogen (secondary N) is 1. The summed E-state index contributed by atoms with van der Waals surface area (Å²) in [5.74, 6) is 0.746. The van der Waals surface area contributed by atoms with E-state index in [1.54, 1.807) is 0 Å². The van der Waals surface area contributed by atoms with Crippen molar-refractivity contribution in [3.8, 4) is 0 Å². The Bertz CT molecular complexity index is 181. The van der Waals surface area contributed by atoms with Crippen LogP contribution in [-0.2, 0) is 4.79 Å². The summed E-state index contributed by atoms with van der Waals surface area (Å²) in [6, 6.07) is 0.0185. The molecule has 0 aliphatic rings. The van der Waals surface area contributed by atoms with Crippen molar-refractivity contribution in [1.29, 1.82) is 0 Å². The highest BCUT2D eigenvalue weighted by Gasteiger charge is 2.31. The van der Waals surface area contributed by atoms with E-state index in [0.717, 1.165) is 13.0 Å². The van der Waals surface area contributed by atoms with Gasteiger partial charge in [-0.15, -0.1) is 0 Å². The number of Topliss-reactive ketones (excluding diaryl/α,β-unsaturated/α-hetero) is 1. The standard InChI is InChI=1S/C12H25NO/c1-7-9(3)10(13-8-2)11(14)12(4,5)6/h9-10,13H,7-8H2,1-6H3. The van der Waals surface area contributed by atoms with Crippen LogP contribution < -0.4 is 5.32 Å². The Kier molecular flexibility index (Phi) is 5.35. The molecule has 0 saturated carbocycles. The SMILES string of the molecule is CCNC(C(=O)C(C)(C)C)C(C)CC. The Hall–Kier alpha value is -0.370. The predicted molar refractivity (Wildman–Crippen MR) is 61.4 cm³/mol. The van der Waals surface area contributed by atoms with Gasteiger partial charge in [0.1, 0.15) is 0 Å². The molecule has 0 amide bonds. The van der Waals surface area contributed by atoms with Gasteiger partial charge in [0.15, 0.2) is 5.78 Å². The Morgan fingerprint density at radius 1 is 1.29 bits per heavy atom. The van der Waals surface area contributed by atoms with Crippen molar-refractivity contribution in [3.05, 3.63) is 0 Å². The van der Waals surface area contributed by atoms with Crippen LogP contribution in [0.15, 0.2) is 0 Å². The van der Waals surface area contributed by atoms with Crippen LogP contribution in [0.2, 0.25) is 0 Å². The lowest BCUT2D eigenvalue weighted by molar-refractivity contribution is -0.129. The lowest BCUT2D eigenvalue weighted by atomic mass is 9.81. The van der Waals surface area contributed by atoms with Gasteiger partial charge in [-0.25, -0.2) is 0 Å². The lowest BCUT2D eigenvalue weighted by Crippen LogP contribution is -2.46. The molecule has 2 heteroatoms. The van der Waals surface area contributed by atoms with E-state index in [4.69, 9.17) is 0 Å². The highest BCUT2D eigenvalue weighted by Crippen LogP contribution is 2.21. The van der Waals surface area contributed by atoms with Crippen molar-refractivity contribution in [3.63, 3.8) is 0 Å². The summed E-state index contributed by atoms with van der Waals surface area (Å²) in [6.07, 6.45) is 1.04. The minimum absolute atomic E-state index is 0.0185. The van der Waals surface area contributed by atoms with Crippen molar-refractivity contribution in [2.75, 3.05) is 6.54 Å². The summed E-state index contributed by atoms with van der Waals surface area (Å²) in [7, 11) is 0. The van der Waals surface area contributed by atoms with Gasteiger partial charge < -0.3 is 5.32 Å². The molecule has 0 aromatic rings. The molecule has 84 valence electrons. The first kappa shape index (κ1) is 13.6. The zero-order valence-electron chi connectivity index (χ0n) is 10.5. The summed E-state index contributed by atoms with van der Waals surface area (Å²) in [4.78, 5) is 12.1. The minimum atomic E-state index is -0.240. The largest absolute Gasteiger partial charge is 0.308 e. The van der Waals surface area contributed by atoms with Crippen LogP contribution in [0.3, 0.4) is 0 Å². The number of ketones is 1. The monoisotopic (exact) mass is 199 g/mol. The quantitative estimate of drug-likeness (QED) is 0.737. The molecule has 0 radical (unpaired) electrons. The second-order valence-electron chi connectivity index (χ2n) is 5.04. The molecule has 14 heavy (non-hydrogen) atoms. The third-order valence-electron chi connectivity index (χ3n) is 2.66. The first-order valence-corrected chi connectivity index (χ1v) is 5.62. The normalized spacial score (nSPS) is 16.4. The molecule has 0 spiro atoms. The number of carbonyl (C=O) groups is 1. The molecular formula is C12H25NO. The Morgan fingerprint density at radius 2 is 1.79 bits per heavy atom. The molecule has 2 atom stereocenters. The topological polar surface area (TPSA) is 29.1 Å². The van der Waals surface area contributed by atoms with Gasteiger partial charge in [0.05, 0.1) is 6.04 Å². The fourth-order valence-corrected chi connectivity index (χ4v) is 1.47. The molecule has 0 heterocycles. The maximum Gasteiger partial charge on any atom is 0.155 e. The molecule has 0 aliphatic carbocycles. The summed E-state index contributed by atoms with van der Waals surface area (Å²) in [6.45, 7) is 13.1. The minimum Gasteiger partial charge on any atom is -0.308 e. The van der Waals surface area contributed by atoms with Gasteiger partial charge in [-0.3, -0.25) is 4.79 Å². The summed E-state index contributed by atoms with van der Waals surface area (Å²) in [5, 5.41) is 3.29. The number of rotatable bonds is 5. The van der Waals surface area contributed by atoms with E-state index in [-0.39, 0.29) is 11.5 Å². The molecule has 0 bridgehead atoms. The van der Waals surface area contributed by atoms with Crippen molar-refractivity contribution < 1.29 is 4.79 Å². The first-order chi connectivity index (χ1) is 6.34. The summed E-state index contributed by atoms with van der Waals surface area (Å²) in [5.41, 5.74) is -0.240. The van der Waals surface area contributed by atoms with Gasteiger partial charge in [0, 0.05) is 5.41 Å². The van der Waals surface area contributed by atoms with Crippen LogP contribution in [0.1, 0.15) is 48.0 Å². The predicted octanol–water partition coefficient (Wildman–Crippen LogP) is 2.63. The van der Waals surface area contributed by atoms with E-state index < -0.39 is 0 Å². The average Bonchev–Trinajstić information content (AvgIpc) is 2.10. The maximum atomic E-state index is 12.1. The number of hydrogen-bond acceptors (Lipinski definition) is 2. The van der Waals surface area contributed by atoms with Crippen molar-refractivity contribution in [2.45, 2.75) is 54.0 Å². The van der Waals surface area contributed by atoms with Crippen molar-refractivity contribution in [1.82, 2.24) is 5.32 Å². The lowest BCUT2D eigenvalue weighted by Gasteiger charge is -2.29. The fourth-order valence-electron chi connectivity index (χ4n) is 1.47. The Morgan fingerprint density at radius 3 is 2.07 bits per heavy atom. The zero-order chi connectivity index (χ0) is 11.4. The number of hydrogen-bond donors (Lipinski definition) is 1. The molecule has 1 N–H and O–H groups in total. The Balaban J connectivity index is 4.57. The van der Waals surface area contributed by atoms with Crippen LogP contribution in [0, 0.1) is 11.3 Å². The van der Waals surface area contributed by atoms with Gasteiger partial charge in [-0.1, -0.05) is 48.0 Å². The van der Waals surface area contributed by atoms with Crippen molar-refractivity contribution in [2.24, 2.45) is 11.3 Å². The first-order valence-electron chi connectivity index (χ1n) is 5.62. The third-order valence-corrected chi connectivity index (χ3v) is 2.66. The number of likely N-dealkylation sites (N-methyl/N-ethyl adjacent to an activating group) is 1. The summed E-state index contributed by atoms with van der Waals surface area (Å²) >= 11 is 0. The van der Waals surface area contributed by atoms with Gasteiger partial charge >= 0.3 is 0 Å². The highest BCUT2D eigenvalue weighted by molar-refractivity contribution is 5.88.